The maximum Gasteiger partial charge on any atom is 0.265 e. The number of carbonyl (C=O) groups excluding carboxylic acids is 1. The average molecular weight is 608 g/mol. The summed E-state index contributed by atoms with van der Waals surface area (Å²) in [5, 5.41) is 0.571. The average Bonchev–Trinajstić information content (AvgIpc) is 2.92. The SMILES string of the molecule is COc1ccccc1N1CCN(CCC(=O)c2cccc(-n3c(C)nc4ccc(I)cc4c3=O)c2)CC1. The van der Waals surface area contributed by atoms with Gasteiger partial charge in [-0.15, -0.1) is 0 Å². The molecule has 7 nitrogen and oxygen atoms in total. The van der Waals surface area contributed by atoms with Crippen molar-refractivity contribution in [1.29, 1.82) is 0 Å². The molecule has 0 radical (unpaired) electrons. The van der Waals surface area contributed by atoms with Gasteiger partial charge in [0.05, 0.1) is 29.4 Å². The number of aryl methyl sites for hydroxylation is 1. The Balaban J connectivity index is 1.26. The van der Waals surface area contributed by atoms with E-state index in [-0.39, 0.29) is 11.3 Å². The van der Waals surface area contributed by atoms with Gasteiger partial charge in [-0.25, -0.2) is 4.98 Å². The van der Waals surface area contributed by atoms with Crippen molar-refractivity contribution in [2.45, 2.75) is 13.3 Å². The summed E-state index contributed by atoms with van der Waals surface area (Å²) in [5.41, 5.74) is 2.93. The van der Waals surface area contributed by atoms with Crippen LogP contribution in [0.25, 0.3) is 16.6 Å². The first kappa shape index (κ1) is 25.4. The van der Waals surface area contributed by atoms with Crippen LogP contribution in [0.5, 0.6) is 5.75 Å². The fourth-order valence-electron chi connectivity index (χ4n) is 4.90. The van der Waals surface area contributed by atoms with Crippen molar-refractivity contribution in [2.75, 3.05) is 44.7 Å². The molecule has 0 N–H and O–H groups in total. The van der Waals surface area contributed by atoms with Crippen molar-refractivity contribution in [3.63, 3.8) is 0 Å². The van der Waals surface area contributed by atoms with Gasteiger partial charge in [-0.1, -0.05) is 24.3 Å². The summed E-state index contributed by atoms with van der Waals surface area (Å²) in [6.45, 7) is 6.08. The summed E-state index contributed by atoms with van der Waals surface area (Å²) in [6.07, 6.45) is 0.431. The predicted octanol–water partition coefficient (Wildman–Crippen LogP) is 4.70. The summed E-state index contributed by atoms with van der Waals surface area (Å²) in [5.74, 6) is 1.55. The lowest BCUT2D eigenvalue weighted by molar-refractivity contribution is 0.0962. The van der Waals surface area contributed by atoms with Crippen LogP contribution in [0.4, 0.5) is 5.69 Å². The Bertz CT molecular complexity index is 1510. The summed E-state index contributed by atoms with van der Waals surface area (Å²) in [6, 6.07) is 21.1. The van der Waals surface area contributed by atoms with E-state index in [9.17, 15) is 9.59 Å². The van der Waals surface area contributed by atoms with Crippen LogP contribution >= 0.6 is 22.6 Å². The zero-order valence-corrected chi connectivity index (χ0v) is 23.1. The van der Waals surface area contributed by atoms with E-state index in [2.05, 4.69) is 43.4 Å². The van der Waals surface area contributed by atoms with E-state index in [1.165, 1.54) is 0 Å². The zero-order valence-electron chi connectivity index (χ0n) is 21.0. The minimum atomic E-state index is -0.126. The number of ether oxygens (including phenoxy) is 1. The molecule has 0 unspecified atom stereocenters. The second-order valence-corrected chi connectivity index (χ2v) is 10.4. The van der Waals surface area contributed by atoms with Crippen molar-refractivity contribution in [3.8, 4) is 11.4 Å². The third kappa shape index (κ3) is 5.40. The number of carbonyl (C=O) groups is 1. The van der Waals surface area contributed by atoms with Gasteiger partial charge in [-0.2, -0.15) is 0 Å². The van der Waals surface area contributed by atoms with E-state index in [4.69, 9.17) is 4.74 Å². The first-order valence-electron chi connectivity index (χ1n) is 12.4. The molecule has 1 saturated heterocycles. The molecule has 0 amide bonds. The van der Waals surface area contributed by atoms with E-state index in [1.54, 1.807) is 17.7 Å². The molecule has 190 valence electrons. The van der Waals surface area contributed by atoms with Gasteiger partial charge in [0.1, 0.15) is 11.6 Å². The molecule has 0 saturated carbocycles. The van der Waals surface area contributed by atoms with Crippen molar-refractivity contribution in [2.24, 2.45) is 0 Å². The number of anilines is 1. The highest BCUT2D eigenvalue weighted by Crippen LogP contribution is 2.28. The fraction of sp³-hybridized carbons (Fsp3) is 0.276. The van der Waals surface area contributed by atoms with Crippen LogP contribution in [0.1, 0.15) is 22.6 Å². The molecule has 37 heavy (non-hydrogen) atoms. The van der Waals surface area contributed by atoms with Gasteiger partial charge in [-0.3, -0.25) is 19.1 Å². The lowest BCUT2D eigenvalue weighted by Gasteiger charge is -2.36. The molecule has 1 aromatic heterocycles. The van der Waals surface area contributed by atoms with Crippen LogP contribution in [0, 0.1) is 10.5 Å². The topological polar surface area (TPSA) is 67.7 Å². The Morgan fingerprint density at radius 2 is 1.78 bits per heavy atom. The molecule has 0 atom stereocenters. The fourth-order valence-corrected chi connectivity index (χ4v) is 5.39. The number of nitrogens with zero attached hydrogens (tertiary/aromatic N) is 4. The molecule has 4 aromatic rings. The molecule has 5 rings (SSSR count). The van der Waals surface area contributed by atoms with Crippen LogP contribution in [-0.4, -0.2) is 60.1 Å². The number of rotatable bonds is 7. The maximum atomic E-state index is 13.3. The third-order valence-electron chi connectivity index (χ3n) is 6.88. The van der Waals surface area contributed by atoms with Gasteiger partial charge in [0.15, 0.2) is 5.78 Å². The van der Waals surface area contributed by atoms with Crippen molar-refractivity contribution in [3.05, 3.63) is 92.0 Å². The Kier molecular flexibility index (Phi) is 7.57. The number of Topliss-reactive ketones (excluding diaryl/α,β-unsaturated/α-hetero) is 1. The summed E-state index contributed by atoms with van der Waals surface area (Å²) in [4.78, 5) is 35.7. The molecule has 3 aromatic carbocycles. The number of piperazine rings is 1. The number of hydrogen-bond donors (Lipinski definition) is 0. The zero-order chi connectivity index (χ0) is 25.9. The first-order chi connectivity index (χ1) is 17.9. The first-order valence-corrected chi connectivity index (χ1v) is 13.5. The summed E-state index contributed by atoms with van der Waals surface area (Å²) < 4.78 is 8.08. The minimum Gasteiger partial charge on any atom is -0.495 e. The minimum absolute atomic E-state index is 0.0722. The predicted molar refractivity (Wildman–Crippen MR) is 155 cm³/mol. The van der Waals surface area contributed by atoms with Crippen LogP contribution in [0.3, 0.4) is 0 Å². The smallest absolute Gasteiger partial charge is 0.265 e. The van der Waals surface area contributed by atoms with Gasteiger partial charge >= 0.3 is 0 Å². The number of para-hydroxylation sites is 2. The van der Waals surface area contributed by atoms with Crippen molar-refractivity contribution >= 4 is 45.0 Å². The second kappa shape index (κ2) is 11.0. The molecular formula is C29H29IN4O3. The highest BCUT2D eigenvalue weighted by molar-refractivity contribution is 14.1. The number of hydrogen-bond acceptors (Lipinski definition) is 6. The molecule has 1 aliphatic rings. The number of benzene rings is 3. The molecule has 8 heteroatoms. The van der Waals surface area contributed by atoms with Crippen LogP contribution < -0.4 is 15.2 Å². The molecule has 2 heterocycles. The Labute approximate surface area is 229 Å². The Hall–Kier alpha value is -3.24. The summed E-state index contributed by atoms with van der Waals surface area (Å²) in [7, 11) is 1.70. The van der Waals surface area contributed by atoms with Crippen LogP contribution in [0.15, 0.2) is 71.5 Å². The number of halogens is 1. The second-order valence-electron chi connectivity index (χ2n) is 9.19. The van der Waals surface area contributed by atoms with Gasteiger partial charge < -0.3 is 9.64 Å². The highest BCUT2D eigenvalue weighted by Gasteiger charge is 2.20. The van der Waals surface area contributed by atoms with Crippen molar-refractivity contribution in [1.82, 2.24) is 14.5 Å². The quantitative estimate of drug-likeness (QED) is 0.224. The Morgan fingerprint density at radius 3 is 2.57 bits per heavy atom. The molecule has 1 aliphatic heterocycles. The number of ketones is 1. The molecular weight excluding hydrogens is 579 g/mol. The molecule has 0 aliphatic carbocycles. The third-order valence-corrected chi connectivity index (χ3v) is 7.55. The largest absolute Gasteiger partial charge is 0.495 e. The highest BCUT2D eigenvalue weighted by atomic mass is 127. The normalized spacial score (nSPS) is 14.2. The van der Waals surface area contributed by atoms with E-state index in [0.717, 1.165) is 41.2 Å². The standard InChI is InChI=1S/C29H29IN4O3/c1-20-31-25-11-10-22(30)19-24(25)29(36)34(20)23-7-5-6-21(18-23)27(35)12-13-32-14-16-33(17-15-32)26-8-3-4-9-28(26)37-2/h3-11,18-19H,12-17H2,1-2H3. The lowest BCUT2D eigenvalue weighted by Crippen LogP contribution is -2.47. The lowest BCUT2D eigenvalue weighted by atomic mass is 10.1. The number of aromatic nitrogens is 2. The molecule has 0 spiro atoms. The maximum absolute atomic E-state index is 13.3. The van der Waals surface area contributed by atoms with E-state index in [0.29, 0.717) is 40.9 Å². The van der Waals surface area contributed by atoms with E-state index in [1.807, 2.05) is 61.5 Å². The molecule has 0 bridgehead atoms. The van der Waals surface area contributed by atoms with Gasteiger partial charge in [-0.05, 0) is 72.0 Å². The molecule has 1 fully saturated rings. The van der Waals surface area contributed by atoms with Crippen LogP contribution in [-0.2, 0) is 0 Å². The van der Waals surface area contributed by atoms with E-state index >= 15 is 0 Å². The monoisotopic (exact) mass is 608 g/mol. The summed E-state index contributed by atoms with van der Waals surface area (Å²) >= 11 is 2.20. The number of methoxy groups -OCH3 is 1. The van der Waals surface area contributed by atoms with Gasteiger partial charge in [0.2, 0.25) is 0 Å². The van der Waals surface area contributed by atoms with E-state index < -0.39 is 0 Å². The van der Waals surface area contributed by atoms with Crippen molar-refractivity contribution < 1.29 is 9.53 Å². The van der Waals surface area contributed by atoms with Gasteiger partial charge in [0.25, 0.3) is 5.56 Å². The van der Waals surface area contributed by atoms with Gasteiger partial charge in [0, 0.05) is 48.3 Å². The Morgan fingerprint density at radius 1 is 1.00 bits per heavy atom. The number of fused-ring (bicyclic) bond motifs is 1. The van der Waals surface area contributed by atoms with Crippen LogP contribution in [0.2, 0.25) is 0 Å².